The number of aryl methyl sites for hydroxylation is 2. The summed E-state index contributed by atoms with van der Waals surface area (Å²) in [5.41, 5.74) is 1.77. The molecule has 18 heavy (non-hydrogen) atoms. The van der Waals surface area contributed by atoms with Gasteiger partial charge in [0, 0.05) is 30.4 Å². The number of nitrogens with zero attached hydrogens (tertiary/aromatic N) is 3. The maximum atomic E-state index is 8.67. The Kier molecular flexibility index (Phi) is 7.69. The van der Waals surface area contributed by atoms with Crippen LogP contribution in [0.1, 0.15) is 11.3 Å². The number of aromatic nitrogens is 2. The molecule has 0 saturated carbocycles. The summed E-state index contributed by atoms with van der Waals surface area (Å²) >= 11 is 0. The number of halogens is 2. The lowest BCUT2D eigenvalue weighted by Crippen LogP contribution is -3.00. The van der Waals surface area contributed by atoms with E-state index in [0.717, 1.165) is 18.7 Å². The van der Waals surface area contributed by atoms with E-state index in [-0.39, 0.29) is 24.8 Å². The minimum atomic E-state index is 0. The fraction of sp³-hybridized carbons (Fsp3) is 0.154. The zero-order valence-corrected chi connectivity index (χ0v) is 11.2. The second kappa shape index (κ2) is 8.46. The van der Waals surface area contributed by atoms with Crippen LogP contribution in [0.5, 0.6) is 0 Å². The first kappa shape index (κ1) is 16.4. The van der Waals surface area contributed by atoms with Gasteiger partial charge in [-0.3, -0.25) is 4.98 Å². The van der Waals surface area contributed by atoms with Crippen LogP contribution in [0.3, 0.4) is 0 Å². The molecule has 0 fully saturated rings. The van der Waals surface area contributed by atoms with Crippen molar-refractivity contribution in [1.29, 1.82) is 5.26 Å². The van der Waals surface area contributed by atoms with Crippen molar-refractivity contribution in [2.45, 2.75) is 13.0 Å². The van der Waals surface area contributed by atoms with Crippen LogP contribution >= 0.6 is 12.4 Å². The Labute approximate surface area is 119 Å². The van der Waals surface area contributed by atoms with Gasteiger partial charge < -0.3 is 12.4 Å². The quantitative estimate of drug-likeness (QED) is 0.671. The monoisotopic (exact) mass is 281 g/mol. The molecule has 0 aliphatic heterocycles. The molecule has 0 aromatic carbocycles. The van der Waals surface area contributed by atoms with E-state index < -0.39 is 0 Å². The van der Waals surface area contributed by atoms with Crippen molar-refractivity contribution >= 4 is 12.4 Å². The van der Waals surface area contributed by atoms with Crippen molar-refractivity contribution in [3.63, 3.8) is 0 Å². The smallest absolute Gasteiger partial charge is 0.170 e. The normalized spacial score (nSPS) is 8.61. The van der Waals surface area contributed by atoms with Crippen LogP contribution in [0.25, 0.3) is 0 Å². The summed E-state index contributed by atoms with van der Waals surface area (Å²) in [6, 6.07) is 11.7. The molecule has 0 saturated heterocycles. The molecular formula is C13H13Cl2N3. The maximum Gasteiger partial charge on any atom is 0.170 e. The van der Waals surface area contributed by atoms with Crippen LogP contribution in [0.2, 0.25) is 0 Å². The van der Waals surface area contributed by atoms with Crippen LogP contribution in [-0.2, 0) is 13.0 Å². The first-order valence-electron chi connectivity index (χ1n) is 5.17. The Hall–Kier alpha value is -1.63. The molecule has 0 aliphatic carbocycles. The maximum absolute atomic E-state index is 8.67. The average molecular weight is 282 g/mol. The van der Waals surface area contributed by atoms with Crippen molar-refractivity contribution in [2.24, 2.45) is 0 Å². The van der Waals surface area contributed by atoms with Crippen molar-refractivity contribution in [3.8, 4) is 6.07 Å². The summed E-state index contributed by atoms with van der Waals surface area (Å²) in [4.78, 5) is 4.26. The van der Waals surface area contributed by atoms with E-state index in [0.29, 0.717) is 5.56 Å². The second-order valence-electron chi connectivity index (χ2n) is 3.51. The first-order chi connectivity index (χ1) is 7.88. The molecule has 0 aliphatic rings. The summed E-state index contributed by atoms with van der Waals surface area (Å²) in [6.45, 7) is 0.878. The molecule has 0 amide bonds. The summed E-state index contributed by atoms with van der Waals surface area (Å²) in [7, 11) is 0. The lowest BCUT2D eigenvalue weighted by atomic mass is 10.2. The third-order valence-electron chi connectivity index (χ3n) is 2.37. The van der Waals surface area contributed by atoms with Crippen LogP contribution in [0.15, 0.2) is 48.9 Å². The molecular weight excluding hydrogens is 269 g/mol. The average Bonchev–Trinajstić information content (AvgIpc) is 2.38. The Morgan fingerprint density at radius 3 is 2.44 bits per heavy atom. The molecule has 0 radical (unpaired) electrons. The molecule has 5 heteroatoms. The van der Waals surface area contributed by atoms with Crippen molar-refractivity contribution in [3.05, 3.63) is 60.2 Å². The molecule has 2 heterocycles. The van der Waals surface area contributed by atoms with Gasteiger partial charge in [-0.1, -0.05) is 6.07 Å². The Morgan fingerprint density at radius 1 is 1.17 bits per heavy atom. The van der Waals surface area contributed by atoms with Gasteiger partial charge in [0.2, 0.25) is 0 Å². The zero-order valence-electron chi connectivity index (χ0n) is 9.66. The lowest BCUT2D eigenvalue weighted by molar-refractivity contribution is -0.696. The molecule has 3 nitrogen and oxygen atoms in total. The molecule has 0 bridgehead atoms. The van der Waals surface area contributed by atoms with Crippen LogP contribution in [-0.4, -0.2) is 4.98 Å². The third kappa shape index (κ3) is 4.70. The Balaban J connectivity index is 0.00000144. The van der Waals surface area contributed by atoms with Gasteiger partial charge in [-0.05, 0) is 12.1 Å². The topological polar surface area (TPSA) is 40.6 Å². The van der Waals surface area contributed by atoms with Gasteiger partial charge in [0.05, 0.1) is 11.6 Å². The van der Waals surface area contributed by atoms with Crippen molar-refractivity contribution < 1.29 is 17.0 Å². The van der Waals surface area contributed by atoms with Crippen LogP contribution < -0.4 is 17.0 Å². The third-order valence-corrected chi connectivity index (χ3v) is 2.37. The SMILES string of the molecule is Cl.N#Cc1cc[n+](CCc2ccccn2)cc1.[Cl-]. The largest absolute Gasteiger partial charge is 1.00 e. The van der Waals surface area contributed by atoms with Gasteiger partial charge in [0.25, 0.3) is 0 Å². The zero-order chi connectivity index (χ0) is 11.2. The minimum absolute atomic E-state index is 0. The summed E-state index contributed by atoms with van der Waals surface area (Å²) in [5, 5.41) is 8.67. The van der Waals surface area contributed by atoms with Gasteiger partial charge in [0.15, 0.2) is 18.9 Å². The number of hydrogen-bond acceptors (Lipinski definition) is 2. The summed E-state index contributed by atoms with van der Waals surface area (Å²) in [5.74, 6) is 0. The number of hydrogen-bond donors (Lipinski definition) is 0. The van der Waals surface area contributed by atoms with E-state index in [1.54, 1.807) is 6.20 Å². The van der Waals surface area contributed by atoms with Crippen molar-refractivity contribution in [2.75, 3.05) is 0 Å². The number of nitriles is 1. The predicted molar refractivity (Wildman–Crippen MR) is 66.5 cm³/mol. The van der Waals surface area contributed by atoms with Gasteiger partial charge in [-0.2, -0.15) is 5.26 Å². The lowest BCUT2D eigenvalue weighted by Gasteiger charge is -1.97. The fourth-order valence-corrected chi connectivity index (χ4v) is 1.47. The van der Waals surface area contributed by atoms with Crippen LogP contribution in [0.4, 0.5) is 0 Å². The van der Waals surface area contributed by atoms with Gasteiger partial charge in [-0.15, -0.1) is 12.4 Å². The highest BCUT2D eigenvalue weighted by Crippen LogP contribution is 1.95. The first-order valence-corrected chi connectivity index (χ1v) is 5.17. The number of pyridine rings is 2. The Morgan fingerprint density at radius 2 is 1.89 bits per heavy atom. The molecule has 2 rings (SSSR count). The van der Waals surface area contributed by atoms with Crippen molar-refractivity contribution in [1.82, 2.24) is 4.98 Å². The molecule has 94 valence electrons. The minimum Gasteiger partial charge on any atom is -1.00 e. The standard InChI is InChI=1S/C13H12N3.2ClH/c14-11-12-4-8-16(9-5-12)10-6-13-3-1-2-7-15-13;;/h1-5,7-9H,6,10H2;2*1H/q+1;;/p-1. The van der Waals surface area contributed by atoms with E-state index >= 15 is 0 Å². The van der Waals surface area contributed by atoms with E-state index in [1.165, 1.54) is 0 Å². The molecule has 0 N–H and O–H groups in total. The van der Waals surface area contributed by atoms with Gasteiger partial charge in [0.1, 0.15) is 0 Å². The van der Waals surface area contributed by atoms with Gasteiger partial charge in [-0.25, -0.2) is 4.57 Å². The fourth-order valence-electron chi connectivity index (χ4n) is 1.47. The molecule has 2 aromatic heterocycles. The molecule has 2 aromatic rings. The number of rotatable bonds is 3. The highest BCUT2D eigenvalue weighted by molar-refractivity contribution is 5.85. The molecule has 0 unspecified atom stereocenters. The predicted octanol–water partition coefficient (Wildman–Crippen LogP) is -1.09. The Bertz CT molecular complexity index is 492. The summed E-state index contributed by atoms with van der Waals surface area (Å²) in [6.07, 6.45) is 6.54. The van der Waals surface area contributed by atoms with E-state index in [4.69, 9.17) is 5.26 Å². The van der Waals surface area contributed by atoms with E-state index in [1.807, 2.05) is 42.7 Å². The van der Waals surface area contributed by atoms with E-state index in [2.05, 4.69) is 15.6 Å². The van der Waals surface area contributed by atoms with Gasteiger partial charge >= 0.3 is 0 Å². The summed E-state index contributed by atoms with van der Waals surface area (Å²) < 4.78 is 2.05. The second-order valence-corrected chi connectivity index (χ2v) is 3.51. The highest BCUT2D eigenvalue weighted by atomic mass is 35.5. The molecule has 0 spiro atoms. The molecule has 0 atom stereocenters. The van der Waals surface area contributed by atoms with Crippen LogP contribution in [0, 0.1) is 11.3 Å². The van der Waals surface area contributed by atoms with E-state index in [9.17, 15) is 0 Å². The highest BCUT2D eigenvalue weighted by Gasteiger charge is 2.01.